The summed E-state index contributed by atoms with van der Waals surface area (Å²) in [4.78, 5) is 11.6. The fourth-order valence-corrected chi connectivity index (χ4v) is 1.44. The number of hydrogen-bond acceptors (Lipinski definition) is 3. The molecule has 0 spiro atoms. The van der Waals surface area contributed by atoms with Gasteiger partial charge in [-0.05, 0) is 36.4 Å². The van der Waals surface area contributed by atoms with Crippen LogP contribution in [-0.2, 0) is 0 Å². The van der Waals surface area contributed by atoms with Crippen molar-refractivity contribution in [3.8, 4) is 5.75 Å². The van der Waals surface area contributed by atoms with Gasteiger partial charge in [-0.2, -0.15) is 0 Å². The number of carbonyl (C=O) groups excluding carboxylic acids is 1. The van der Waals surface area contributed by atoms with Crippen molar-refractivity contribution < 1.29 is 9.90 Å². The molecule has 1 heterocycles. The van der Waals surface area contributed by atoms with E-state index in [0.29, 0.717) is 11.3 Å². The van der Waals surface area contributed by atoms with Crippen LogP contribution in [0.1, 0.15) is 10.4 Å². The van der Waals surface area contributed by atoms with Gasteiger partial charge in [0, 0.05) is 29.7 Å². The van der Waals surface area contributed by atoms with E-state index in [0.717, 1.165) is 0 Å². The zero-order valence-corrected chi connectivity index (χ0v) is 9.08. The minimum Gasteiger partial charge on any atom is -0.507 e. The van der Waals surface area contributed by atoms with E-state index in [2.05, 4.69) is 0 Å². The molecule has 4 nitrogen and oxygen atoms in total. The van der Waals surface area contributed by atoms with Gasteiger partial charge in [0.25, 0.3) is 5.91 Å². The van der Waals surface area contributed by atoms with Crippen molar-refractivity contribution >= 4 is 17.7 Å². The van der Waals surface area contributed by atoms with E-state index in [1.54, 1.807) is 36.7 Å². The van der Waals surface area contributed by atoms with Gasteiger partial charge in [0.1, 0.15) is 5.75 Å². The molecule has 0 saturated carbocycles. The Bertz CT molecular complexity index is 557. The lowest BCUT2D eigenvalue weighted by Gasteiger charge is -2.00. The molecule has 0 aliphatic rings. The van der Waals surface area contributed by atoms with Gasteiger partial charge in [-0.15, -0.1) is 0 Å². The van der Waals surface area contributed by atoms with Crippen LogP contribution in [0.5, 0.6) is 5.75 Å². The second kappa shape index (κ2) is 4.57. The van der Waals surface area contributed by atoms with Crippen LogP contribution < -0.4 is 5.73 Å². The first kappa shape index (κ1) is 11.0. The Morgan fingerprint density at radius 1 is 1.29 bits per heavy atom. The highest BCUT2D eigenvalue weighted by atomic mass is 16.3. The highest BCUT2D eigenvalue weighted by Crippen LogP contribution is 2.20. The fourth-order valence-electron chi connectivity index (χ4n) is 1.44. The first-order valence-electron chi connectivity index (χ1n) is 5.11. The molecule has 0 bridgehead atoms. The minimum absolute atomic E-state index is 0.0933. The van der Waals surface area contributed by atoms with Gasteiger partial charge >= 0.3 is 0 Å². The standard InChI is InChI=1S/C13H12N2O2/c14-11-4-5-12(16)10(9-11)3-6-13(17)15-7-1-2-8-15/h1-9,16H,14H2. The summed E-state index contributed by atoms with van der Waals surface area (Å²) in [7, 11) is 0. The molecule has 0 saturated heterocycles. The number of rotatable bonds is 2. The van der Waals surface area contributed by atoms with Crippen molar-refractivity contribution in [2.45, 2.75) is 0 Å². The number of carbonyl (C=O) groups is 1. The van der Waals surface area contributed by atoms with Gasteiger partial charge in [0.15, 0.2) is 0 Å². The summed E-state index contributed by atoms with van der Waals surface area (Å²) in [6.07, 6.45) is 6.24. The maximum Gasteiger partial charge on any atom is 0.254 e. The predicted octanol–water partition coefficient (Wildman–Crippen LogP) is 2.13. The number of anilines is 1. The summed E-state index contributed by atoms with van der Waals surface area (Å²) in [6.45, 7) is 0. The van der Waals surface area contributed by atoms with Gasteiger partial charge in [0.2, 0.25) is 0 Å². The van der Waals surface area contributed by atoms with E-state index >= 15 is 0 Å². The van der Waals surface area contributed by atoms with Crippen molar-refractivity contribution in [2.75, 3.05) is 5.73 Å². The van der Waals surface area contributed by atoms with Gasteiger partial charge in [-0.1, -0.05) is 0 Å². The summed E-state index contributed by atoms with van der Waals surface area (Å²) < 4.78 is 1.44. The molecule has 0 amide bonds. The molecule has 2 aromatic rings. The molecule has 0 unspecified atom stereocenters. The molecule has 0 aliphatic heterocycles. The molecule has 0 radical (unpaired) electrons. The number of nitrogens with zero attached hydrogens (tertiary/aromatic N) is 1. The Labute approximate surface area is 98.6 Å². The molecule has 1 aromatic heterocycles. The molecule has 0 fully saturated rings. The van der Waals surface area contributed by atoms with Gasteiger partial charge < -0.3 is 10.8 Å². The van der Waals surface area contributed by atoms with E-state index in [1.807, 2.05) is 0 Å². The van der Waals surface area contributed by atoms with Crippen molar-refractivity contribution in [2.24, 2.45) is 0 Å². The van der Waals surface area contributed by atoms with Gasteiger partial charge in [-0.3, -0.25) is 9.36 Å². The fraction of sp³-hybridized carbons (Fsp3) is 0. The third-order valence-electron chi connectivity index (χ3n) is 2.32. The molecule has 2 rings (SSSR count). The summed E-state index contributed by atoms with van der Waals surface area (Å²) in [5.74, 6) is -0.0902. The second-order valence-electron chi connectivity index (χ2n) is 3.58. The molecule has 0 atom stereocenters. The van der Waals surface area contributed by atoms with Gasteiger partial charge in [-0.25, -0.2) is 0 Å². The molecular weight excluding hydrogens is 216 g/mol. The van der Waals surface area contributed by atoms with E-state index < -0.39 is 0 Å². The van der Waals surface area contributed by atoms with Crippen LogP contribution in [0.15, 0.2) is 48.8 Å². The normalized spacial score (nSPS) is 10.8. The Morgan fingerprint density at radius 2 is 2.00 bits per heavy atom. The third kappa shape index (κ3) is 2.55. The summed E-state index contributed by atoms with van der Waals surface area (Å²) >= 11 is 0. The zero-order chi connectivity index (χ0) is 12.3. The topological polar surface area (TPSA) is 68.2 Å². The van der Waals surface area contributed by atoms with Crippen LogP contribution in [0.25, 0.3) is 6.08 Å². The van der Waals surface area contributed by atoms with Crippen LogP contribution in [0, 0.1) is 0 Å². The number of allylic oxidation sites excluding steroid dienone is 1. The lowest BCUT2D eigenvalue weighted by molar-refractivity contribution is 0.0970. The summed E-state index contributed by atoms with van der Waals surface area (Å²) in [5.41, 5.74) is 6.65. The van der Waals surface area contributed by atoms with Crippen LogP contribution in [0.2, 0.25) is 0 Å². The highest BCUT2D eigenvalue weighted by Gasteiger charge is 2.00. The van der Waals surface area contributed by atoms with Crippen molar-refractivity contribution in [3.63, 3.8) is 0 Å². The van der Waals surface area contributed by atoms with Crippen molar-refractivity contribution in [3.05, 3.63) is 54.4 Å². The molecule has 0 aliphatic carbocycles. The van der Waals surface area contributed by atoms with E-state index in [1.165, 1.54) is 22.8 Å². The number of aromatic hydroxyl groups is 1. The smallest absolute Gasteiger partial charge is 0.254 e. The van der Waals surface area contributed by atoms with Crippen LogP contribution in [-0.4, -0.2) is 15.6 Å². The Kier molecular flexibility index (Phi) is 2.96. The average molecular weight is 228 g/mol. The number of phenols is 1. The van der Waals surface area contributed by atoms with Crippen molar-refractivity contribution in [1.82, 2.24) is 4.57 Å². The molecule has 1 aromatic carbocycles. The number of phenolic OH excluding ortho intramolecular Hbond substituents is 1. The summed E-state index contributed by atoms with van der Waals surface area (Å²) in [5, 5.41) is 9.55. The van der Waals surface area contributed by atoms with E-state index in [-0.39, 0.29) is 11.7 Å². The number of aromatic nitrogens is 1. The SMILES string of the molecule is Nc1ccc(O)c(C=CC(=O)n2cccc2)c1. The van der Waals surface area contributed by atoms with Crippen LogP contribution in [0.3, 0.4) is 0 Å². The summed E-state index contributed by atoms with van der Waals surface area (Å²) in [6, 6.07) is 8.23. The molecule has 86 valence electrons. The maximum absolute atomic E-state index is 11.6. The molecule has 4 heteroatoms. The monoisotopic (exact) mass is 228 g/mol. The quantitative estimate of drug-likeness (QED) is 0.470. The van der Waals surface area contributed by atoms with Crippen LogP contribution >= 0.6 is 0 Å². The molecule has 3 N–H and O–H groups in total. The molecular formula is C13H12N2O2. The van der Waals surface area contributed by atoms with Crippen LogP contribution in [0.4, 0.5) is 5.69 Å². The van der Waals surface area contributed by atoms with Gasteiger partial charge in [0.05, 0.1) is 0 Å². The first-order valence-corrected chi connectivity index (χ1v) is 5.11. The Hall–Kier alpha value is -2.49. The highest BCUT2D eigenvalue weighted by molar-refractivity contribution is 5.94. The zero-order valence-electron chi connectivity index (χ0n) is 9.08. The Balaban J connectivity index is 2.21. The second-order valence-corrected chi connectivity index (χ2v) is 3.58. The van der Waals surface area contributed by atoms with E-state index in [4.69, 9.17) is 5.73 Å². The average Bonchev–Trinajstić information content (AvgIpc) is 2.83. The van der Waals surface area contributed by atoms with E-state index in [9.17, 15) is 9.90 Å². The number of benzene rings is 1. The minimum atomic E-state index is -0.183. The predicted molar refractivity (Wildman–Crippen MR) is 66.6 cm³/mol. The lowest BCUT2D eigenvalue weighted by atomic mass is 10.1. The molecule has 17 heavy (non-hydrogen) atoms. The number of nitrogen functional groups attached to an aromatic ring is 1. The third-order valence-corrected chi connectivity index (χ3v) is 2.32. The Morgan fingerprint density at radius 3 is 2.71 bits per heavy atom. The first-order chi connectivity index (χ1) is 8.16. The number of hydrogen-bond donors (Lipinski definition) is 2. The lowest BCUT2D eigenvalue weighted by Crippen LogP contribution is -2.03. The number of nitrogens with two attached hydrogens (primary N) is 1. The maximum atomic E-state index is 11.6. The van der Waals surface area contributed by atoms with Crippen molar-refractivity contribution in [1.29, 1.82) is 0 Å². The largest absolute Gasteiger partial charge is 0.507 e.